The third-order valence-electron chi connectivity index (χ3n) is 0.775. The molecule has 0 bridgehead atoms. The Kier molecular flexibility index (Phi) is 3.15. The van der Waals surface area contributed by atoms with Gasteiger partial charge in [0.2, 0.25) is 0 Å². The molecule has 0 aromatic carbocycles. The molecule has 4 heteroatoms. The number of rotatable bonds is 3. The summed E-state index contributed by atoms with van der Waals surface area (Å²) in [6.07, 6.45) is 1.67. The van der Waals surface area contributed by atoms with Crippen LogP contribution in [0.4, 0.5) is 0 Å². The van der Waals surface area contributed by atoms with Crippen molar-refractivity contribution in [1.29, 1.82) is 0 Å². The van der Waals surface area contributed by atoms with Crippen molar-refractivity contribution < 1.29 is 13.6 Å². The van der Waals surface area contributed by atoms with E-state index in [1.165, 1.54) is 0 Å². The van der Waals surface area contributed by atoms with E-state index in [4.69, 9.17) is 13.6 Å². The Balaban J connectivity index is 2.04. The zero-order valence-electron chi connectivity index (χ0n) is 5.08. The van der Waals surface area contributed by atoms with Crippen LogP contribution >= 0.6 is 8.60 Å². The van der Waals surface area contributed by atoms with Gasteiger partial charge >= 0.3 is 8.60 Å². The Hall–Kier alpha value is 0.0500. The topological polar surface area (TPSA) is 27.7 Å². The zero-order valence-corrected chi connectivity index (χ0v) is 5.97. The van der Waals surface area contributed by atoms with E-state index in [1.807, 2.05) is 0 Å². The summed E-state index contributed by atoms with van der Waals surface area (Å²) in [5.74, 6) is 0. The monoisotopic (exact) mass is 148 g/mol. The maximum absolute atomic E-state index is 5.05. The molecule has 1 heterocycles. The van der Waals surface area contributed by atoms with Gasteiger partial charge in [0, 0.05) is 0 Å². The molecule has 0 atom stereocenters. The van der Waals surface area contributed by atoms with Crippen LogP contribution < -0.4 is 0 Å². The largest absolute Gasteiger partial charge is 0.333 e. The molecule has 9 heavy (non-hydrogen) atoms. The fourth-order valence-electron chi connectivity index (χ4n) is 0.449. The van der Waals surface area contributed by atoms with Crippen LogP contribution in [-0.4, -0.2) is 19.8 Å². The van der Waals surface area contributed by atoms with Gasteiger partial charge in [0.25, 0.3) is 0 Å². The lowest BCUT2D eigenvalue weighted by Crippen LogP contribution is -1.83. The second kappa shape index (κ2) is 3.96. The standard InChI is InChI=1S/C5H9O3P/c1-2-3-6-9-7-4-5-8-9/h2H,1,3-5H2. The minimum absolute atomic E-state index is 0.506. The minimum Gasteiger partial charge on any atom is -0.310 e. The maximum atomic E-state index is 5.05. The molecule has 1 aliphatic heterocycles. The molecule has 52 valence electrons. The molecular formula is C5H9O3P. The Bertz CT molecular complexity index is 90.2. The van der Waals surface area contributed by atoms with Gasteiger partial charge in [-0.25, -0.2) is 0 Å². The van der Waals surface area contributed by atoms with Gasteiger partial charge in [0.05, 0.1) is 19.8 Å². The summed E-state index contributed by atoms with van der Waals surface area (Å²) in [6, 6.07) is 0. The lowest BCUT2D eigenvalue weighted by molar-refractivity contribution is 0.272. The molecule has 1 rings (SSSR count). The first-order chi connectivity index (χ1) is 4.43. The minimum atomic E-state index is -1.02. The van der Waals surface area contributed by atoms with Gasteiger partial charge in [0.15, 0.2) is 0 Å². The molecule has 1 fully saturated rings. The Morgan fingerprint density at radius 2 is 2.22 bits per heavy atom. The predicted octanol–water partition coefficient (Wildman–Crippen LogP) is 1.46. The summed E-state index contributed by atoms with van der Waals surface area (Å²) in [5, 5.41) is 0. The molecule has 0 amide bonds. The van der Waals surface area contributed by atoms with Crippen LogP contribution in [0, 0.1) is 0 Å². The average molecular weight is 148 g/mol. The van der Waals surface area contributed by atoms with Crippen LogP contribution in [-0.2, 0) is 13.6 Å². The molecule has 0 spiro atoms. The van der Waals surface area contributed by atoms with Crippen molar-refractivity contribution in [2.75, 3.05) is 19.8 Å². The molecule has 0 aromatic heterocycles. The molecule has 1 aliphatic rings. The summed E-state index contributed by atoms with van der Waals surface area (Å²) in [4.78, 5) is 0. The highest BCUT2D eigenvalue weighted by Gasteiger charge is 2.17. The summed E-state index contributed by atoms with van der Waals surface area (Å²) >= 11 is 0. The highest BCUT2D eigenvalue weighted by molar-refractivity contribution is 7.41. The van der Waals surface area contributed by atoms with Crippen LogP contribution in [0.2, 0.25) is 0 Å². The van der Waals surface area contributed by atoms with Crippen molar-refractivity contribution in [2.24, 2.45) is 0 Å². The molecule has 0 saturated carbocycles. The highest BCUT2D eigenvalue weighted by Crippen LogP contribution is 2.43. The average Bonchev–Trinajstić information content (AvgIpc) is 2.34. The van der Waals surface area contributed by atoms with E-state index >= 15 is 0 Å². The van der Waals surface area contributed by atoms with E-state index in [1.54, 1.807) is 6.08 Å². The van der Waals surface area contributed by atoms with Gasteiger partial charge in [-0.05, 0) is 0 Å². The van der Waals surface area contributed by atoms with Gasteiger partial charge in [-0.15, -0.1) is 6.58 Å². The summed E-state index contributed by atoms with van der Waals surface area (Å²) in [7, 11) is -1.02. The maximum Gasteiger partial charge on any atom is 0.333 e. The Labute approximate surface area is 55.6 Å². The molecule has 0 radical (unpaired) electrons. The van der Waals surface area contributed by atoms with Crippen molar-refractivity contribution in [3.05, 3.63) is 12.7 Å². The van der Waals surface area contributed by atoms with E-state index in [2.05, 4.69) is 6.58 Å². The summed E-state index contributed by atoms with van der Waals surface area (Å²) in [6.45, 7) is 5.31. The highest BCUT2D eigenvalue weighted by atomic mass is 31.2. The second-order valence-corrected chi connectivity index (χ2v) is 2.70. The normalized spacial score (nSPS) is 20.4. The summed E-state index contributed by atoms with van der Waals surface area (Å²) in [5.41, 5.74) is 0. The SMILES string of the molecule is C=CCOP1OCCO1. The quantitative estimate of drug-likeness (QED) is 0.448. The van der Waals surface area contributed by atoms with E-state index in [9.17, 15) is 0 Å². The van der Waals surface area contributed by atoms with E-state index < -0.39 is 8.60 Å². The zero-order chi connectivity index (χ0) is 6.53. The fraction of sp³-hybridized carbons (Fsp3) is 0.600. The predicted molar refractivity (Wildman–Crippen MR) is 35.0 cm³/mol. The van der Waals surface area contributed by atoms with Crippen LogP contribution in [0.15, 0.2) is 12.7 Å². The Morgan fingerprint density at radius 3 is 2.78 bits per heavy atom. The smallest absolute Gasteiger partial charge is 0.310 e. The van der Waals surface area contributed by atoms with Crippen molar-refractivity contribution in [3.8, 4) is 0 Å². The van der Waals surface area contributed by atoms with E-state index in [-0.39, 0.29) is 0 Å². The van der Waals surface area contributed by atoms with E-state index in [0.717, 1.165) is 0 Å². The van der Waals surface area contributed by atoms with E-state index in [0.29, 0.717) is 19.8 Å². The third-order valence-corrected chi connectivity index (χ3v) is 1.92. The van der Waals surface area contributed by atoms with Gasteiger partial charge < -0.3 is 13.6 Å². The van der Waals surface area contributed by atoms with Gasteiger partial charge in [-0.3, -0.25) is 0 Å². The van der Waals surface area contributed by atoms with Crippen LogP contribution in [0.25, 0.3) is 0 Å². The number of hydrogen-bond acceptors (Lipinski definition) is 3. The lowest BCUT2D eigenvalue weighted by Gasteiger charge is -2.03. The summed E-state index contributed by atoms with van der Waals surface area (Å²) < 4.78 is 15.1. The van der Waals surface area contributed by atoms with Crippen molar-refractivity contribution in [2.45, 2.75) is 0 Å². The molecule has 0 unspecified atom stereocenters. The first kappa shape index (κ1) is 7.16. The molecule has 1 saturated heterocycles. The third kappa shape index (κ3) is 2.41. The fourth-order valence-corrected chi connectivity index (χ4v) is 1.35. The first-order valence-electron chi connectivity index (χ1n) is 2.73. The van der Waals surface area contributed by atoms with Crippen molar-refractivity contribution in [3.63, 3.8) is 0 Å². The molecule has 3 nitrogen and oxygen atoms in total. The van der Waals surface area contributed by atoms with Crippen molar-refractivity contribution in [1.82, 2.24) is 0 Å². The van der Waals surface area contributed by atoms with Crippen LogP contribution in [0.5, 0.6) is 0 Å². The van der Waals surface area contributed by atoms with Gasteiger partial charge in [-0.1, -0.05) is 6.08 Å². The van der Waals surface area contributed by atoms with Crippen LogP contribution in [0.3, 0.4) is 0 Å². The molecule has 0 aromatic rings. The van der Waals surface area contributed by atoms with Crippen LogP contribution in [0.1, 0.15) is 0 Å². The molecule has 0 N–H and O–H groups in total. The van der Waals surface area contributed by atoms with Crippen molar-refractivity contribution >= 4 is 8.60 Å². The molecular weight excluding hydrogens is 139 g/mol. The van der Waals surface area contributed by atoms with Gasteiger partial charge in [-0.2, -0.15) is 0 Å². The second-order valence-electron chi connectivity index (χ2n) is 1.47. The first-order valence-corrected chi connectivity index (χ1v) is 3.83. The molecule has 0 aliphatic carbocycles. The lowest BCUT2D eigenvalue weighted by atomic mass is 10.7. The number of hydrogen-bond donors (Lipinski definition) is 0. The van der Waals surface area contributed by atoms with Gasteiger partial charge in [0.1, 0.15) is 0 Å². The Morgan fingerprint density at radius 1 is 1.56 bits per heavy atom.